The minimum atomic E-state index is -1.53. The van der Waals surface area contributed by atoms with Crippen LogP contribution in [0.3, 0.4) is 0 Å². The molecule has 17 heavy (non-hydrogen) atoms. The third-order valence-electron chi connectivity index (χ3n) is 2.54. The monoisotopic (exact) mass is 264 g/mol. The van der Waals surface area contributed by atoms with Gasteiger partial charge < -0.3 is 5.11 Å². The zero-order chi connectivity index (χ0) is 13.0. The molecule has 2 atom stereocenters. The van der Waals surface area contributed by atoms with Crippen LogP contribution in [0.2, 0.25) is 0 Å². The topological polar surface area (TPSA) is 20.2 Å². The number of rotatable bonds is 5. The molecule has 1 rings (SSSR count). The molecule has 96 valence electrons. The van der Waals surface area contributed by atoms with Gasteiger partial charge in [0.15, 0.2) is 17.5 Å². The molecule has 0 heterocycles. The average molecular weight is 264 g/mol. The van der Waals surface area contributed by atoms with Gasteiger partial charge in [0.2, 0.25) is 0 Å². The second-order valence-corrected chi connectivity index (χ2v) is 5.30. The van der Waals surface area contributed by atoms with E-state index in [1.54, 1.807) is 0 Å². The van der Waals surface area contributed by atoms with Crippen LogP contribution in [0.1, 0.15) is 31.9 Å². The Kier molecular flexibility index (Phi) is 5.33. The van der Waals surface area contributed by atoms with Crippen LogP contribution in [0.25, 0.3) is 0 Å². The highest BCUT2D eigenvalue weighted by Crippen LogP contribution is 2.26. The molecule has 1 N–H and O–H groups in total. The zero-order valence-corrected chi connectivity index (χ0v) is 10.5. The zero-order valence-electron chi connectivity index (χ0n) is 9.71. The molecule has 0 amide bonds. The van der Waals surface area contributed by atoms with Gasteiger partial charge in [-0.05, 0) is 12.5 Å². The van der Waals surface area contributed by atoms with Gasteiger partial charge in [-0.15, -0.1) is 0 Å². The Bertz CT molecular complexity index is 384. The van der Waals surface area contributed by atoms with Gasteiger partial charge in [-0.25, -0.2) is 13.2 Å². The molecule has 0 aliphatic carbocycles. The van der Waals surface area contributed by atoms with Gasteiger partial charge in [-0.3, -0.25) is 0 Å². The van der Waals surface area contributed by atoms with Crippen LogP contribution in [0.5, 0.6) is 0 Å². The number of hydrogen-bond donors (Lipinski definition) is 1. The van der Waals surface area contributed by atoms with E-state index >= 15 is 0 Å². The molecule has 1 nitrogen and oxygen atoms in total. The van der Waals surface area contributed by atoms with Gasteiger partial charge in [-0.2, -0.15) is 11.8 Å². The summed E-state index contributed by atoms with van der Waals surface area (Å²) in [6.45, 7) is 3.99. The van der Waals surface area contributed by atoms with E-state index < -0.39 is 23.6 Å². The van der Waals surface area contributed by atoms with Crippen molar-refractivity contribution in [2.45, 2.75) is 31.6 Å². The fourth-order valence-electron chi connectivity index (χ4n) is 1.26. The molecule has 0 aromatic heterocycles. The van der Waals surface area contributed by atoms with Crippen molar-refractivity contribution < 1.29 is 18.3 Å². The summed E-state index contributed by atoms with van der Waals surface area (Å²) in [5.41, 5.74) is -0.195. The van der Waals surface area contributed by atoms with Crippen LogP contribution < -0.4 is 0 Å². The lowest BCUT2D eigenvalue weighted by molar-refractivity contribution is 0.196. The van der Waals surface area contributed by atoms with Crippen molar-refractivity contribution in [1.82, 2.24) is 0 Å². The van der Waals surface area contributed by atoms with Gasteiger partial charge in [0.25, 0.3) is 0 Å². The van der Waals surface area contributed by atoms with Gasteiger partial charge in [0.1, 0.15) is 0 Å². The van der Waals surface area contributed by atoms with Gasteiger partial charge in [-0.1, -0.05) is 19.9 Å². The molecule has 0 saturated carbocycles. The average Bonchev–Trinajstić information content (AvgIpc) is 2.32. The summed E-state index contributed by atoms with van der Waals surface area (Å²) in [7, 11) is 0. The quantitative estimate of drug-likeness (QED) is 0.819. The maximum atomic E-state index is 13.3. The third-order valence-corrected chi connectivity index (χ3v) is 3.95. The highest BCUT2D eigenvalue weighted by molar-refractivity contribution is 7.99. The highest BCUT2D eigenvalue weighted by Gasteiger charge is 2.19. The van der Waals surface area contributed by atoms with Crippen molar-refractivity contribution in [3.05, 3.63) is 35.1 Å². The Morgan fingerprint density at radius 2 is 1.88 bits per heavy atom. The van der Waals surface area contributed by atoms with E-state index in [1.165, 1.54) is 11.8 Å². The molecule has 0 radical (unpaired) electrons. The van der Waals surface area contributed by atoms with E-state index in [1.807, 2.05) is 13.8 Å². The lowest BCUT2D eigenvalue weighted by Crippen LogP contribution is -2.08. The second-order valence-electron chi connectivity index (χ2n) is 3.83. The minimum Gasteiger partial charge on any atom is -0.387 e. The molecule has 2 unspecified atom stereocenters. The summed E-state index contributed by atoms with van der Waals surface area (Å²) in [6, 6.07) is 1.90. The van der Waals surface area contributed by atoms with Crippen molar-refractivity contribution in [3.8, 4) is 0 Å². The first-order chi connectivity index (χ1) is 7.97. The lowest BCUT2D eigenvalue weighted by atomic mass is 10.1. The molecular formula is C12H15F3OS. The molecule has 0 fully saturated rings. The van der Waals surface area contributed by atoms with Gasteiger partial charge in [0.05, 0.1) is 6.10 Å². The number of benzene rings is 1. The third kappa shape index (κ3) is 3.64. The Labute approximate surface area is 103 Å². The summed E-state index contributed by atoms with van der Waals surface area (Å²) >= 11 is 1.47. The van der Waals surface area contributed by atoms with Gasteiger partial charge >= 0.3 is 0 Å². The SMILES string of the molecule is CCC(C)SCC(O)c1ccc(F)c(F)c1F. The molecule has 0 bridgehead atoms. The Morgan fingerprint density at radius 3 is 2.47 bits per heavy atom. The number of aliphatic hydroxyl groups excluding tert-OH is 1. The molecular weight excluding hydrogens is 249 g/mol. The second kappa shape index (κ2) is 6.31. The Morgan fingerprint density at radius 1 is 1.24 bits per heavy atom. The fourth-order valence-corrected chi connectivity index (χ4v) is 2.19. The number of aliphatic hydroxyl groups is 1. The lowest BCUT2D eigenvalue weighted by Gasteiger charge is -2.14. The maximum Gasteiger partial charge on any atom is 0.194 e. The van der Waals surface area contributed by atoms with Crippen LogP contribution in [0.4, 0.5) is 13.2 Å². The van der Waals surface area contributed by atoms with Crippen molar-refractivity contribution in [2.24, 2.45) is 0 Å². The number of halogens is 3. The van der Waals surface area contributed by atoms with Gasteiger partial charge in [0, 0.05) is 16.6 Å². The summed E-state index contributed by atoms with van der Waals surface area (Å²) < 4.78 is 39.0. The number of thioether (sulfide) groups is 1. The summed E-state index contributed by atoms with van der Waals surface area (Å²) in [6.07, 6.45) is -0.193. The molecule has 0 spiro atoms. The van der Waals surface area contributed by atoms with E-state index in [0.29, 0.717) is 5.25 Å². The van der Waals surface area contributed by atoms with E-state index in [2.05, 4.69) is 0 Å². The smallest absolute Gasteiger partial charge is 0.194 e. The summed E-state index contributed by atoms with van der Waals surface area (Å²) in [5, 5.41) is 10.0. The highest BCUT2D eigenvalue weighted by atomic mass is 32.2. The predicted molar refractivity (Wildman–Crippen MR) is 63.5 cm³/mol. The van der Waals surface area contributed by atoms with E-state index in [-0.39, 0.29) is 11.3 Å². The predicted octanol–water partition coefficient (Wildman–Crippen LogP) is 3.67. The van der Waals surface area contributed by atoms with Crippen LogP contribution >= 0.6 is 11.8 Å². The molecule has 1 aromatic carbocycles. The van der Waals surface area contributed by atoms with Crippen molar-refractivity contribution in [3.63, 3.8) is 0 Å². The maximum absolute atomic E-state index is 13.3. The van der Waals surface area contributed by atoms with Crippen LogP contribution in [0.15, 0.2) is 12.1 Å². The van der Waals surface area contributed by atoms with Crippen LogP contribution in [-0.2, 0) is 0 Å². The van der Waals surface area contributed by atoms with Crippen molar-refractivity contribution >= 4 is 11.8 Å². The molecule has 0 aliphatic heterocycles. The standard InChI is InChI=1S/C12H15F3OS/c1-3-7(2)17-6-10(16)8-4-5-9(13)12(15)11(8)14/h4-5,7,10,16H,3,6H2,1-2H3. The summed E-state index contributed by atoms with van der Waals surface area (Å²) in [5.74, 6) is -3.82. The van der Waals surface area contributed by atoms with E-state index in [4.69, 9.17) is 0 Å². The number of hydrogen-bond acceptors (Lipinski definition) is 2. The van der Waals surface area contributed by atoms with Crippen LogP contribution in [0, 0.1) is 17.5 Å². The Hall–Kier alpha value is -0.680. The molecule has 1 aromatic rings. The normalized spacial score (nSPS) is 14.7. The molecule has 0 saturated heterocycles. The minimum absolute atomic E-state index is 0.195. The molecule has 0 aliphatic rings. The van der Waals surface area contributed by atoms with Crippen molar-refractivity contribution in [1.29, 1.82) is 0 Å². The molecule has 5 heteroatoms. The van der Waals surface area contributed by atoms with Crippen LogP contribution in [-0.4, -0.2) is 16.1 Å². The first kappa shape index (κ1) is 14.4. The van der Waals surface area contributed by atoms with E-state index in [0.717, 1.165) is 18.6 Å². The summed E-state index contributed by atoms with van der Waals surface area (Å²) in [4.78, 5) is 0. The first-order valence-electron chi connectivity index (χ1n) is 5.40. The first-order valence-corrected chi connectivity index (χ1v) is 6.45. The fraction of sp³-hybridized carbons (Fsp3) is 0.500. The largest absolute Gasteiger partial charge is 0.387 e. The van der Waals surface area contributed by atoms with Crippen molar-refractivity contribution in [2.75, 3.05) is 5.75 Å². The Balaban J connectivity index is 2.76. The van der Waals surface area contributed by atoms with E-state index in [9.17, 15) is 18.3 Å².